The van der Waals surface area contributed by atoms with Crippen LogP contribution in [-0.2, 0) is 21.1 Å². The zero-order chi connectivity index (χ0) is 22.3. The molecule has 0 aliphatic rings. The number of methoxy groups -OCH3 is 1. The average molecular weight is 420 g/mol. The van der Waals surface area contributed by atoms with E-state index in [-0.39, 0.29) is 28.7 Å². The molecule has 0 saturated heterocycles. The lowest BCUT2D eigenvalue weighted by molar-refractivity contribution is 0.103. The Bertz CT molecular complexity index is 1430. The van der Waals surface area contributed by atoms with Crippen LogP contribution in [0.25, 0.3) is 11.2 Å². The average Bonchev–Trinajstić information content (AvgIpc) is 3.12. The molecule has 0 saturated carbocycles. The van der Waals surface area contributed by atoms with Crippen LogP contribution in [0.5, 0.6) is 17.5 Å². The maximum absolute atomic E-state index is 13.1. The van der Waals surface area contributed by atoms with E-state index in [9.17, 15) is 14.4 Å². The van der Waals surface area contributed by atoms with Crippen LogP contribution >= 0.6 is 0 Å². The minimum atomic E-state index is -0.497. The van der Waals surface area contributed by atoms with Crippen molar-refractivity contribution in [2.75, 3.05) is 7.11 Å². The maximum Gasteiger partial charge on any atom is 0.332 e. The van der Waals surface area contributed by atoms with Crippen LogP contribution in [-0.4, -0.2) is 31.6 Å². The summed E-state index contributed by atoms with van der Waals surface area (Å²) in [4.78, 5) is 42.2. The normalized spacial score (nSPS) is 11.0. The van der Waals surface area contributed by atoms with Crippen molar-refractivity contribution >= 4 is 16.9 Å². The third-order valence-corrected chi connectivity index (χ3v) is 5.11. The summed E-state index contributed by atoms with van der Waals surface area (Å²) in [6.45, 7) is 0. The van der Waals surface area contributed by atoms with E-state index in [1.165, 1.54) is 30.3 Å². The molecular weight excluding hydrogens is 400 g/mol. The van der Waals surface area contributed by atoms with Crippen LogP contribution in [0.2, 0.25) is 0 Å². The topological polar surface area (TPSA) is 97.4 Å². The van der Waals surface area contributed by atoms with E-state index in [1.807, 2.05) is 6.07 Å². The molecule has 4 rings (SSSR count). The molecule has 0 bridgehead atoms. The van der Waals surface area contributed by atoms with Crippen molar-refractivity contribution in [3.8, 4) is 17.5 Å². The van der Waals surface area contributed by atoms with Crippen LogP contribution in [0.3, 0.4) is 0 Å². The van der Waals surface area contributed by atoms with Crippen molar-refractivity contribution in [2.45, 2.75) is 0 Å². The first-order valence-corrected chi connectivity index (χ1v) is 9.41. The summed E-state index contributed by atoms with van der Waals surface area (Å²) in [5.41, 5.74) is 0.208. The molecule has 0 aliphatic carbocycles. The lowest BCUT2D eigenvalue weighted by atomic mass is 10.0. The standard InChI is InChI=1S/C22H20N4O5/c1-24-17-19(25(2)22(29)26(3)20(17)28)23-21(24)31-16-12-14(30-4)10-11-15(16)18(27)13-8-6-5-7-9-13/h5-12H,1-4H3. The molecule has 2 aromatic heterocycles. The Morgan fingerprint density at radius 3 is 2.32 bits per heavy atom. The van der Waals surface area contributed by atoms with Gasteiger partial charge in [-0.15, -0.1) is 0 Å². The molecule has 9 heteroatoms. The summed E-state index contributed by atoms with van der Waals surface area (Å²) in [5, 5.41) is 0. The summed E-state index contributed by atoms with van der Waals surface area (Å²) in [7, 11) is 6.04. The zero-order valence-corrected chi connectivity index (χ0v) is 17.4. The fourth-order valence-electron chi connectivity index (χ4n) is 3.33. The largest absolute Gasteiger partial charge is 0.497 e. The van der Waals surface area contributed by atoms with Crippen LogP contribution in [0.1, 0.15) is 15.9 Å². The van der Waals surface area contributed by atoms with E-state index in [4.69, 9.17) is 9.47 Å². The zero-order valence-electron chi connectivity index (χ0n) is 17.4. The third kappa shape index (κ3) is 3.29. The van der Waals surface area contributed by atoms with Gasteiger partial charge in [-0.25, -0.2) is 4.79 Å². The fourth-order valence-corrected chi connectivity index (χ4v) is 3.33. The molecule has 4 aromatic rings. The molecular formula is C22H20N4O5. The number of carbonyl (C=O) groups excluding carboxylic acids is 1. The highest BCUT2D eigenvalue weighted by molar-refractivity contribution is 6.10. The molecule has 0 radical (unpaired) electrons. The quantitative estimate of drug-likeness (QED) is 0.458. The first-order chi connectivity index (χ1) is 14.8. The minimum Gasteiger partial charge on any atom is -0.497 e. The molecule has 0 spiro atoms. The van der Waals surface area contributed by atoms with E-state index in [2.05, 4.69) is 4.98 Å². The lowest BCUT2D eigenvalue weighted by Gasteiger charge is -2.12. The Kier molecular flexibility index (Phi) is 4.94. The van der Waals surface area contributed by atoms with E-state index in [1.54, 1.807) is 49.5 Å². The molecule has 0 atom stereocenters. The van der Waals surface area contributed by atoms with Gasteiger partial charge < -0.3 is 9.47 Å². The van der Waals surface area contributed by atoms with Crippen molar-refractivity contribution in [1.29, 1.82) is 0 Å². The van der Waals surface area contributed by atoms with Crippen molar-refractivity contribution in [3.05, 3.63) is 80.5 Å². The number of imidazole rings is 1. The Morgan fingerprint density at radius 2 is 1.65 bits per heavy atom. The molecule has 0 unspecified atom stereocenters. The fraction of sp³-hybridized carbons (Fsp3) is 0.182. The number of ether oxygens (including phenoxy) is 2. The summed E-state index contributed by atoms with van der Waals surface area (Å²) >= 11 is 0. The molecule has 0 aliphatic heterocycles. The highest BCUT2D eigenvalue weighted by Gasteiger charge is 2.21. The molecule has 158 valence electrons. The molecule has 0 amide bonds. The van der Waals surface area contributed by atoms with Crippen LogP contribution in [0, 0.1) is 0 Å². The van der Waals surface area contributed by atoms with Gasteiger partial charge in [0.25, 0.3) is 5.56 Å². The monoisotopic (exact) mass is 420 g/mol. The number of carbonyl (C=O) groups is 1. The van der Waals surface area contributed by atoms with Crippen molar-refractivity contribution in [2.24, 2.45) is 21.1 Å². The highest BCUT2D eigenvalue weighted by Crippen LogP contribution is 2.31. The van der Waals surface area contributed by atoms with Gasteiger partial charge >= 0.3 is 11.7 Å². The van der Waals surface area contributed by atoms with Gasteiger partial charge in [0.15, 0.2) is 16.9 Å². The Balaban J connectivity index is 1.87. The minimum absolute atomic E-state index is 0.0589. The predicted molar refractivity (Wildman–Crippen MR) is 114 cm³/mol. The number of aryl methyl sites for hydroxylation is 2. The second kappa shape index (κ2) is 7.60. The Labute approximate surface area is 176 Å². The number of rotatable bonds is 5. The van der Waals surface area contributed by atoms with Crippen molar-refractivity contribution in [3.63, 3.8) is 0 Å². The second-order valence-corrected chi connectivity index (χ2v) is 6.99. The molecule has 9 nitrogen and oxygen atoms in total. The number of nitrogens with zero attached hydrogens (tertiary/aromatic N) is 4. The SMILES string of the molecule is COc1ccc(C(=O)c2ccccc2)c(Oc2nc3c(c(=O)n(C)c(=O)n3C)n2C)c1. The number of aromatic nitrogens is 4. The predicted octanol–water partition coefficient (Wildman–Crippen LogP) is 2.00. The van der Waals surface area contributed by atoms with E-state index >= 15 is 0 Å². The molecule has 31 heavy (non-hydrogen) atoms. The van der Waals surface area contributed by atoms with Gasteiger partial charge in [-0.1, -0.05) is 30.3 Å². The maximum atomic E-state index is 13.1. The van der Waals surface area contributed by atoms with Gasteiger partial charge in [0.05, 0.1) is 12.7 Å². The van der Waals surface area contributed by atoms with Gasteiger partial charge in [0.1, 0.15) is 11.5 Å². The van der Waals surface area contributed by atoms with Gasteiger partial charge in [0.2, 0.25) is 0 Å². The van der Waals surface area contributed by atoms with Crippen molar-refractivity contribution in [1.82, 2.24) is 18.7 Å². The van der Waals surface area contributed by atoms with Crippen molar-refractivity contribution < 1.29 is 14.3 Å². The first-order valence-electron chi connectivity index (χ1n) is 9.41. The van der Waals surface area contributed by atoms with Gasteiger partial charge in [-0.2, -0.15) is 4.98 Å². The summed E-state index contributed by atoms with van der Waals surface area (Å²) in [6, 6.07) is 13.7. The number of hydrogen-bond donors (Lipinski definition) is 0. The lowest BCUT2D eigenvalue weighted by Crippen LogP contribution is -2.37. The van der Waals surface area contributed by atoms with E-state index < -0.39 is 11.2 Å². The highest BCUT2D eigenvalue weighted by atomic mass is 16.5. The number of benzene rings is 2. The molecule has 0 N–H and O–H groups in total. The van der Waals surface area contributed by atoms with Gasteiger partial charge in [-0.3, -0.25) is 23.3 Å². The Hall–Kier alpha value is -4.14. The summed E-state index contributed by atoms with van der Waals surface area (Å²) < 4.78 is 15.0. The van der Waals surface area contributed by atoms with Gasteiger partial charge in [-0.05, 0) is 12.1 Å². The number of ketones is 1. The summed E-state index contributed by atoms with van der Waals surface area (Å²) in [6.07, 6.45) is 0. The molecule has 2 aromatic carbocycles. The number of hydrogen-bond acceptors (Lipinski definition) is 6. The second-order valence-electron chi connectivity index (χ2n) is 6.99. The van der Waals surface area contributed by atoms with Crippen LogP contribution in [0.4, 0.5) is 0 Å². The van der Waals surface area contributed by atoms with Crippen LogP contribution < -0.4 is 20.7 Å². The van der Waals surface area contributed by atoms with E-state index in [0.717, 1.165) is 4.57 Å². The van der Waals surface area contributed by atoms with Gasteiger partial charge in [0, 0.05) is 32.8 Å². The first kappa shape index (κ1) is 20.1. The Morgan fingerprint density at radius 1 is 0.935 bits per heavy atom. The van der Waals surface area contributed by atoms with E-state index in [0.29, 0.717) is 16.9 Å². The third-order valence-electron chi connectivity index (χ3n) is 5.11. The molecule has 0 fully saturated rings. The summed E-state index contributed by atoms with van der Waals surface area (Å²) in [5.74, 6) is 0.468. The van der Waals surface area contributed by atoms with Crippen LogP contribution in [0.15, 0.2) is 58.1 Å². The number of fused-ring (bicyclic) bond motifs is 1. The smallest absolute Gasteiger partial charge is 0.332 e. The molecule has 2 heterocycles.